The number of carbonyl (C=O) groups is 1. The van der Waals surface area contributed by atoms with E-state index >= 15 is 0 Å². The molecule has 1 amide bonds. The molecular formula is C16H25NO3. The minimum absolute atomic E-state index is 0.0423. The lowest BCUT2D eigenvalue weighted by Gasteiger charge is -2.25. The molecule has 4 heteroatoms. The van der Waals surface area contributed by atoms with Crippen LogP contribution in [0, 0.1) is 19.3 Å². The van der Waals surface area contributed by atoms with Crippen LogP contribution in [0.5, 0.6) is 5.75 Å². The van der Waals surface area contributed by atoms with Crippen molar-refractivity contribution in [1.29, 1.82) is 0 Å². The van der Waals surface area contributed by atoms with Gasteiger partial charge in [-0.2, -0.15) is 0 Å². The van der Waals surface area contributed by atoms with Gasteiger partial charge < -0.3 is 15.2 Å². The SMILES string of the molecule is Cc1ccc(OCC(=O)NCC(O)C(C)(C)C)cc1C. The van der Waals surface area contributed by atoms with Crippen LogP contribution in [-0.4, -0.2) is 30.3 Å². The highest BCUT2D eigenvalue weighted by atomic mass is 16.5. The normalized spacial score (nSPS) is 12.9. The maximum absolute atomic E-state index is 11.7. The molecular weight excluding hydrogens is 254 g/mol. The van der Waals surface area contributed by atoms with Gasteiger partial charge in [-0.15, -0.1) is 0 Å². The van der Waals surface area contributed by atoms with Gasteiger partial charge in [-0.3, -0.25) is 4.79 Å². The molecule has 1 unspecified atom stereocenters. The standard InChI is InChI=1S/C16H25NO3/c1-11-6-7-13(8-12(11)2)20-10-15(19)17-9-14(18)16(3,4)5/h6-8,14,18H,9-10H2,1-5H3,(H,17,19). The predicted molar refractivity (Wildman–Crippen MR) is 79.9 cm³/mol. The van der Waals surface area contributed by atoms with Crippen LogP contribution in [0.15, 0.2) is 18.2 Å². The second-order valence-corrected chi connectivity index (χ2v) is 6.22. The van der Waals surface area contributed by atoms with Gasteiger partial charge in [0.2, 0.25) is 0 Å². The van der Waals surface area contributed by atoms with Crippen molar-refractivity contribution in [2.45, 2.75) is 40.7 Å². The number of hydrogen-bond acceptors (Lipinski definition) is 3. The fraction of sp³-hybridized carbons (Fsp3) is 0.562. The first-order valence-corrected chi connectivity index (χ1v) is 6.85. The second-order valence-electron chi connectivity index (χ2n) is 6.22. The number of nitrogens with one attached hydrogen (secondary N) is 1. The van der Waals surface area contributed by atoms with Crippen molar-refractivity contribution in [3.63, 3.8) is 0 Å². The van der Waals surface area contributed by atoms with Crippen LogP contribution in [0.3, 0.4) is 0 Å². The first-order valence-electron chi connectivity index (χ1n) is 6.85. The number of amides is 1. The predicted octanol–water partition coefficient (Wildman–Crippen LogP) is 2.21. The number of aryl methyl sites for hydroxylation is 2. The monoisotopic (exact) mass is 279 g/mol. The quantitative estimate of drug-likeness (QED) is 0.868. The number of aliphatic hydroxyl groups excluding tert-OH is 1. The molecule has 0 aliphatic rings. The first kappa shape index (κ1) is 16.5. The fourth-order valence-electron chi connectivity index (χ4n) is 1.52. The fourth-order valence-corrected chi connectivity index (χ4v) is 1.52. The van der Waals surface area contributed by atoms with Gasteiger partial charge in [0.05, 0.1) is 6.10 Å². The summed E-state index contributed by atoms with van der Waals surface area (Å²) in [5.41, 5.74) is 2.07. The molecule has 0 heterocycles. The first-order chi connectivity index (χ1) is 9.20. The lowest BCUT2D eigenvalue weighted by molar-refractivity contribution is -0.123. The van der Waals surface area contributed by atoms with E-state index < -0.39 is 6.10 Å². The number of benzene rings is 1. The Morgan fingerprint density at radius 1 is 1.30 bits per heavy atom. The molecule has 0 radical (unpaired) electrons. The van der Waals surface area contributed by atoms with Crippen LogP contribution in [0.2, 0.25) is 0 Å². The summed E-state index contributed by atoms with van der Waals surface area (Å²) >= 11 is 0. The Hall–Kier alpha value is -1.55. The molecule has 1 aromatic rings. The molecule has 4 nitrogen and oxygen atoms in total. The molecule has 1 atom stereocenters. The summed E-state index contributed by atoms with van der Waals surface area (Å²) in [7, 11) is 0. The van der Waals surface area contributed by atoms with Gasteiger partial charge in [0.25, 0.3) is 5.91 Å². The molecule has 1 rings (SSSR count). The van der Waals surface area contributed by atoms with E-state index in [1.165, 1.54) is 5.56 Å². The van der Waals surface area contributed by atoms with E-state index in [0.717, 1.165) is 5.56 Å². The van der Waals surface area contributed by atoms with Gasteiger partial charge in [-0.05, 0) is 42.5 Å². The van der Waals surface area contributed by atoms with Crippen LogP contribution in [0.1, 0.15) is 31.9 Å². The van der Waals surface area contributed by atoms with Crippen molar-refractivity contribution in [1.82, 2.24) is 5.32 Å². The number of carbonyl (C=O) groups excluding carboxylic acids is 1. The molecule has 0 spiro atoms. The summed E-state index contributed by atoms with van der Waals surface area (Å²) in [5.74, 6) is 0.450. The molecule has 1 aromatic carbocycles. The van der Waals surface area contributed by atoms with Crippen LogP contribution in [-0.2, 0) is 4.79 Å². The molecule has 112 valence electrons. The summed E-state index contributed by atoms with van der Waals surface area (Å²) in [6.45, 7) is 10.00. The topological polar surface area (TPSA) is 58.6 Å². The number of rotatable bonds is 5. The van der Waals surface area contributed by atoms with Crippen molar-refractivity contribution in [2.75, 3.05) is 13.2 Å². The number of aliphatic hydroxyl groups is 1. The van der Waals surface area contributed by atoms with Crippen molar-refractivity contribution < 1.29 is 14.6 Å². The zero-order valence-corrected chi connectivity index (χ0v) is 13.0. The Labute approximate surface area is 121 Å². The van der Waals surface area contributed by atoms with E-state index in [-0.39, 0.29) is 24.5 Å². The van der Waals surface area contributed by atoms with Crippen molar-refractivity contribution >= 4 is 5.91 Å². The lowest BCUT2D eigenvalue weighted by Crippen LogP contribution is -2.40. The van der Waals surface area contributed by atoms with E-state index in [4.69, 9.17) is 4.74 Å². The Bertz CT molecular complexity index is 463. The van der Waals surface area contributed by atoms with Gasteiger partial charge in [0, 0.05) is 6.54 Å². The van der Waals surface area contributed by atoms with E-state index in [2.05, 4.69) is 5.32 Å². The molecule has 0 saturated carbocycles. The Kier molecular flexibility index (Phi) is 5.57. The molecule has 0 aliphatic carbocycles. The van der Waals surface area contributed by atoms with Crippen LogP contribution < -0.4 is 10.1 Å². The summed E-state index contributed by atoms with van der Waals surface area (Å²) in [5, 5.41) is 12.5. The Morgan fingerprint density at radius 2 is 1.95 bits per heavy atom. The molecule has 0 bridgehead atoms. The largest absolute Gasteiger partial charge is 0.484 e. The van der Waals surface area contributed by atoms with E-state index in [1.54, 1.807) is 0 Å². The van der Waals surface area contributed by atoms with Gasteiger partial charge in [-0.1, -0.05) is 26.8 Å². The minimum atomic E-state index is -0.576. The van der Waals surface area contributed by atoms with Crippen molar-refractivity contribution in [2.24, 2.45) is 5.41 Å². The molecule has 0 aromatic heterocycles. The summed E-state index contributed by atoms with van der Waals surface area (Å²) < 4.78 is 5.43. The highest BCUT2D eigenvalue weighted by Gasteiger charge is 2.22. The third kappa shape index (κ3) is 5.21. The molecule has 0 saturated heterocycles. The smallest absolute Gasteiger partial charge is 0.258 e. The Balaban J connectivity index is 2.38. The average Bonchev–Trinajstić information content (AvgIpc) is 2.36. The third-order valence-electron chi connectivity index (χ3n) is 3.34. The minimum Gasteiger partial charge on any atom is -0.484 e. The summed E-state index contributed by atoms with van der Waals surface area (Å²) in [6, 6.07) is 5.72. The molecule has 0 fully saturated rings. The third-order valence-corrected chi connectivity index (χ3v) is 3.34. The molecule has 0 aliphatic heterocycles. The summed E-state index contributed by atoms with van der Waals surface area (Å²) in [4.78, 5) is 11.7. The number of hydrogen-bond donors (Lipinski definition) is 2. The molecule has 2 N–H and O–H groups in total. The maximum atomic E-state index is 11.7. The zero-order valence-electron chi connectivity index (χ0n) is 13.0. The van der Waals surface area contributed by atoms with Gasteiger partial charge >= 0.3 is 0 Å². The Morgan fingerprint density at radius 3 is 2.50 bits per heavy atom. The van der Waals surface area contributed by atoms with Crippen molar-refractivity contribution in [3.05, 3.63) is 29.3 Å². The van der Waals surface area contributed by atoms with Gasteiger partial charge in [-0.25, -0.2) is 0 Å². The lowest BCUT2D eigenvalue weighted by atomic mass is 9.89. The maximum Gasteiger partial charge on any atom is 0.258 e. The van der Waals surface area contributed by atoms with Crippen LogP contribution in [0.4, 0.5) is 0 Å². The van der Waals surface area contributed by atoms with E-state index in [9.17, 15) is 9.90 Å². The van der Waals surface area contributed by atoms with E-state index in [0.29, 0.717) is 5.75 Å². The summed E-state index contributed by atoms with van der Waals surface area (Å²) in [6.07, 6.45) is -0.576. The number of ether oxygens (including phenoxy) is 1. The van der Waals surface area contributed by atoms with Crippen LogP contribution >= 0.6 is 0 Å². The van der Waals surface area contributed by atoms with Crippen molar-refractivity contribution in [3.8, 4) is 5.75 Å². The van der Waals surface area contributed by atoms with Gasteiger partial charge in [0.1, 0.15) is 5.75 Å². The van der Waals surface area contributed by atoms with Crippen LogP contribution in [0.25, 0.3) is 0 Å². The highest BCUT2D eigenvalue weighted by molar-refractivity contribution is 5.77. The van der Waals surface area contributed by atoms with Gasteiger partial charge in [0.15, 0.2) is 6.61 Å². The molecule has 20 heavy (non-hydrogen) atoms. The highest BCUT2D eigenvalue weighted by Crippen LogP contribution is 2.18. The average molecular weight is 279 g/mol. The van der Waals surface area contributed by atoms with E-state index in [1.807, 2.05) is 52.8 Å². The second kappa shape index (κ2) is 6.75. The zero-order chi connectivity index (χ0) is 15.3.